The Labute approximate surface area is 192 Å². The van der Waals surface area contributed by atoms with E-state index in [1.165, 1.54) is 11.9 Å². The average molecular weight is 469 g/mol. The molecule has 1 fully saturated rings. The van der Waals surface area contributed by atoms with Gasteiger partial charge in [0.1, 0.15) is 11.3 Å². The van der Waals surface area contributed by atoms with Crippen LogP contribution in [0, 0.1) is 18.8 Å². The smallest absolute Gasteiger partial charge is 0.429 e. The number of fused-ring (bicyclic) bond motifs is 1. The lowest BCUT2D eigenvalue weighted by Crippen LogP contribution is -2.45. The molecule has 11 heteroatoms. The number of nitrogens with two attached hydrogens (primary N) is 1. The third kappa shape index (κ3) is 4.22. The summed E-state index contributed by atoms with van der Waals surface area (Å²) in [6.07, 6.45) is -2.30. The Morgan fingerprint density at radius 2 is 2.03 bits per heavy atom. The number of pyridine rings is 1. The third-order valence-electron chi connectivity index (χ3n) is 5.41. The highest BCUT2D eigenvalue weighted by Gasteiger charge is 2.53. The lowest BCUT2D eigenvalue weighted by atomic mass is 10.00. The molecule has 0 spiro atoms. The average Bonchev–Trinajstić information content (AvgIpc) is 3.07. The minimum atomic E-state index is -5.25. The summed E-state index contributed by atoms with van der Waals surface area (Å²) in [6, 6.07) is 6.84. The lowest BCUT2D eigenvalue weighted by molar-refractivity contribution is -0.209. The molecule has 1 aliphatic heterocycles. The number of nitrogens with zero attached hydrogens (tertiary/aromatic N) is 4. The number of benzene rings is 1. The summed E-state index contributed by atoms with van der Waals surface area (Å²) in [6.45, 7) is 1.84. The van der Waals surface area contributed by atoms with Crippen molar-refractivity contribution in [2.24, 2.45) is 0 Å². The summed E-state index contributed by atoms with van der Waals surface area (Å²) in [5, 5.41) is 0.709. The first kappa shape index (κ1) is 23.0. The SMILES string of the molecule is Cc1ccc(-c2ncc3ccnc(N)c3n2)cc1C#C[C@]1(OC(=O)C(F)(F)F)CCN(C)C1=O. The van der Waals surface area contributed by atoms with E-state index < -0.39 is 23.7 Å². The van der Waals surface area contributed by atoms with E-state index in [0.717, 1.165) is 0 Å². The number of hydrogen-bond acceptors (Lipinski definition) is 7. The van der Waals surface area contributed by atoms with Crippen molar-refractivity contribution in [1.29, 1.82) is 0 Å². The van der Waals surface area contributed by atoms with Gasteiger partial charge in [0.25, 0.3) is 11.5 Å². The highest BCUT2D eigenvalue weighted by atomic mass is 19.4. The predicted molar refractivity (Wildman–Crippen MR) is 116 cm³/mol. The molecule has 2 aromatic heterocycles. The molecule has 0 saturated carbocycles. The van der Waals surface area contributed by atoms with E-state index in [0.29, 0.717) is 33.4 Å². The second-order valence-electron chi connectivity index (χ2n) is 7.80. The van der Waals surface area contributed by atoms with Crippen LogP contribution in [0.2, 0.25) is 0 Å². The maximum absolute atomic E-state index is 12.8. The molecule has 3 aromatic rings. The zero-order valence-corrected chi connectivity index (χ0v) is 18.1. The van der Waals surface area contributed by atoms with Crippen molar-refractivity contribution >= 4 is 28.6 Å². The standard InChI is InChI=1S/C23H18F3N5O3/c1-13-3-4-15(19-29-12-16-6-9-28-18(27)17(16)30-19)11-14(13)5-7-22(8-10-31(2)20(22)32)34-21(33)23(24,25)26/h3-4,6,9,11-12H,8,10H2,1-2H3,(H2,27,28)/t22-/m0/s1. The van der Waals surface area contributed by atoms with E-state index in [-0.39, 0.29) is 18.8 Å². The van der Waals surface area contributed by atoms with Crippen LogP contribution >= 0.6 is 0 Å². The number of aryl methyl sites for hydroxylation is 1. The first-order chi connectivity index (χ1) is 16.0. The van der Waals surface area contributed by atoms with Gasteiger partial charge in [0, 0.05) is 48.9 Å². The quantitative estimate of drug-likeness (QED) is 0.454. The molecule has 174 valence electrons. The van der Waals surface area contributed by atoms with Crippen molar-refractivity contribution in [2.75, 3.05) is 19.3 Å². The number of halogens is 3. The molecule has 8 nitrogen and oxygen atoms in total. The Balaban J connectivity index is 1.74. The number of nitrogen functional groups attached to an aromatic ring is 1. The molecule has 3 heterocycles. The van der Waals surface area contributed by atoms with Crippen LogP contribution in [0.4, 0.5) is 19.0 Å². The van der Waals surface area contributed by atoms with Crippen molar-refractivity contribution in [2.45, 2.75) is 25.1 Å². The van der Waals surface area contributed by atoms with Crippen LogP contribution in [0.25, 0.3) is 22.3 Å². The summed E-state index contributed by atoms with van der Waals surface area (Å²) >= 11 is 0. The van der Waals surface area contributed by atoms with Gasteiger partial charge in [-0.1, -0.05) is 18.1 Å². The van der Waals surface area contributed by atoms with Gasteiger partial charge < -0.3 is 15.4 Å². The fourth-order valence-corrected chi connectivity index (χ4v) is 3.47. The molecule has 34 heavy (non-hydrogen) atoms. The Bertz CT molecular complexity index is 1380. The maximum atomic E-state index is 12.8. The monoisotopic (exact) mass is 469 g/mol. The van der Waals surface area contributed by atoms with Crippen LogP contribution < -0.4 is 5.73 Å². The molecule has 1 atom stereocenters. The molecule has 1 aliphatic rings. The number of carbonyl (C=O) groups excluding carboxylic acids is 2. The highest BCUT2D eigenvalue weighted by molar-refractivity contribution is 5.94. The van der Waals surface area contributed by atoms with Crippen LogP contribution in [-0.4, -0.2) is 57.1 Å². The Morgan fingerprint density at radius 3 is 2.71 bits per heavy atom. The summed E-state index contributed by atoms with van der Waals surface area (Å²) in [5.41, 5.74) is 5.82. The summed E-state index contributed by atoms with van der Waals surface area (Å²) in [4.78, 5) is 38.1. The fraction of sp³-hybridized carbons (Fsp3) is 0.261. The van der Waals surface area contributed by atoms with Gasteiger partial charge in [0.15, 0.2) is 5.82 Å². The minimum absolute atomic E-state index is 0.0953. The molecule has 4 rings (SSSR count). The van der Waals surface area contributed by atoms with Crippen molar-refractivity contribution in [1.82, 2.24) is 19.9 Å². The number of aromatic nitrogens is 3. The van der Waals surface area contributed by atoms with E-state index in [9.17, 15) is 22.8 Å². The van der Waals surface area contributed by atoms with Crippen molar-refractivity contribution < 1.29 is 27.5 Å². The molecule has 2 N–H and O–H groups in total. The summed E-state index contributed by atoms with van der Waals surface area (Å²) in [5.74, 6) is 2.53. The van der Waals surface area contributed by atoms with Gasteiger partial charge in [-0.15, -0.1) is 0 Å². The molecule has 0 bridgehead atoms. The molecule has 1 saturated heterocycles. The topological polar surface area (TPSA) is 111 Å². The number of likely N-dealkylation sites (tertiary alicyclic amines) is 1. The number of amides is 1. The predicted octanol–water partition coefficient (Wildman–Crippen LogP) is 2.64. The van der Waals surface area contributed by atoms with Crippen LogP contribution in [0.5, 0.6) is 0 Å². The van der Waals surface area contributed by atoms with Crippen LogP contribution in [0.3, 0.4) is 0 Å². The molecular formula is C23H18F3N5O3. The number of hydrogen-bond donors (Lipinski definition) is 1. The third-order valence-corrected chi connectivity index (χ3v) is 5.41. The maximum Gasteiger partial charge on any atom is 0.490 e. The molecule has 0 aliphatic carbocycles. The second kappa shape index (κ2) is 8.30. The Morgan fingerprint density at radius 1 is 1.26 bits per heavy atom. The highest BCUT2D eigenvalue weighted by Crippen LogP contribution is 2.30. The number of esters is 1. The summed E-state index contributed by atoms with van der Waals surface area (Å²) in [7, 11) is 1.40. The van der Waals surface area contributed by atoms with Crippen LogP contribution in [0.1, 0.15) is 17.5 Å². The zero-order chi connectivity index (χ0) is 24.7. The Hall–Kier alpha value is -4.20. The normalized spacial score (nSPS) is 18.0. The van der Waals surface area contributed by atoms with Gasteiger partial charge in [0.2, 0.25) is 0 Å². The van der Waals surface area contributed by atoms with E-state index in [2.05, 4.69) is 31.5 Å². The number of carbonyl (C=O) groups is 2. The van der Waals surface area contributed by atoms with Gasteiger partial charge in [-0.25, -0.2) is 19.7 Å². The first-order valence-corrected chi connectivity index (χ1v) is 10.1. The Kier molecular flexibility index (Phi) is 5.61. The number of likely N-dealkylation sites (N-methyl/N-ethyl adjacent to an activating group) is 1. The van der Waals surface area contributed by atoms with Crippen LogP contribution in [0.15, 0.2) is 36.7 Å². The van der Waals surface area contributed by atoms with E-state index in [4.69, 9.17) is 5.73 Å². The molecule has 1 aromatic carbocycles. The van der Waals surface area contributed by atoms with Gasteiger partial charge in [-0.05, 0) is 30.5 Å². The minimum Gasteiger partial charge on any atom is -0.429 e. The largest absolute Gasteiger partial charge is 0.490 e. The van der Waals surface area contributed by atoms with Gasteiger partial charge >= 0.3 is 12.1 Å². The number of anilines is 1. The lowest BCUT2D eigenvalue weighted by Gasteiger charge is -2.22. The van der Waals surface area contributed by atoms with E-state index in [1.54, 1.807) is 43.6 Å². The number of rotatable bonds is 2. The summed E-state index contributed by atoms with van der Waals surface area (Å²) < 4.78 is 43.1. The van der Waals surface area contributed by atoms with E-state index >= 15 is 0 Å². The van der Waals surface area contributed by atoms with Crippen LogP contribution in [-0.2, 0) is 14.3 Å². The molecule has 0 unspecified atom stereocenters. The van der Waals surface area contributed by atoms with Crippen molar-refractivity contribution in [3.8, 4) is 23.2 Å². The van der Waals surface area contributed by atoms with E-state index in [1.807, 2.05) is 0 Å². The van der Waals surface area contributed by atoms with Gasteiger partial charge in [-0.2, -0.15) is 13.2 Å². The zero-order valence-electron chi connectivity index (χ0n) is 18.1. The molecule has 1 amide bonds. The molecule has 0 radical (unpaired) electrons. The van der Waals surface area contributed by atoms with Gasteiger partial charge in [0.05, 0.1) is 0 Å². The number of ether oxygens (including phenoxy) is 1. The number of alkyl halides is 3. The second-order valence-corrected chi connectivity index (χ2v) is 7.80. The molecular weight excluding hydrogens is 451 g/mol. The van der Waals surface area contributed by atoms with Crippen molar-refractivity contribution in [3.63, 3.8) is 0 Å². The fourth-order valence-electron chi connectivity index (χ4n) is 3.47. The van der Waals surface area contributed by atoms with Crippen molar-refractivity contribution in [3.05, 3.63) is 47.8 Å². The van der Waals surface area contributed by atoms with Gasteiger partial charge in [-0.3, -0.25) is 4.79 Å². The first-order valence-electron chi connectivity index (χ1n) is 10.1.